The molecule has 0 aliphatic rings. The van der Waals surface area contributed by atoms with E-state index in [0.29, 0.717) is 22.6 Å². The molecule has 20 heavy (non-hydrogen) atoms. The molecule has 0 atom stereocenters. The molecule has 0 saturated carbocycles. The van der Waals surface area contributed by atoms with Crippen molar-refractivity contribution in [2.24, 2.45) is 0 Å². The molecule has 0 radical (unpaired) electrons. The minimum absolute atomic E-state index is 0.225. The Morgan fingerprint density at radius 1 is 1.25 bits per heavy atom. The SMILES string of the molecule is CNC(=O)c1ccc(Nc2cc(F)cc(Cl)c2)c(N)c1. The molecule has 6 heteroatoms. The number of hydrogen-bond acceptors (Lipinski definition) is 3. The minimum Gasteiger partial charge on any atom is -0.397 e. The number of halogens is 2. The fraction of sp³-hybridized carbons (Fsp3) is 0.0714. The van der Waals surface area contributed by atoms with Gasteiger partial charge < -0.3 is 16.4 Å². The molecule has 0 saturated heterocycles. The molecule has 0 aliphatic heterocycles. The lowest BCUT2D eigenvalue weighted by atomic mass is 10.1. The average Bonchev–Trinajstić information content (AvgIpc) is 2.39. The van der Waals surface area contributed by atoms with Crippen LogP contribution in [0, 0.1) is 5.82 Å². The molecule has 0 unspecified atom stereocenters. The van der Waals surface area contributed by atoms with E-state index in [-0.39, 0.29) is 10.9 Å². The van der Waals surface area contributed by atoms with Crippen LogP contribution in [0.3, 0.4) is 0 Å². The topological polar surface area (TPSA) is 67.2 Å². The Bertz CT molecular complexity index is 641. The molecule has 4 nitrogen and oxygen atoms in total. The number of benzene rings is 2. The smallest absolute Gasteiger partial charge is 0.251 e. The van der Waals surface area contributed by atoms with Gasteiger partial charge in [-0.15, -0.1) is 0 Å². The van der Waals surface area contributed by atoms with Crippen LogP contribution in [-0.4, -0.2) is 13.0 Å². The Morgan fingerprint density at radius 3 is 2.60 bits per heavy atom. The number of hydrogen-bond donors (Lipinski definition) is 3. The molecule has 1 amide bonds. The maximum atomic E-state index is 13.2. The van der Waals surface area contributed by atoms with Gasteiger partial charge in [-0.1, -0.05) is 11.6 Å². The summed E-state index contributed by atoms with van der Waals surface area (Å²) >= 11 is 5.78. The Morgan fingerprint density at radius 2 is 2.00 bits per heavy atom. The van der Waals surface area contributed by atoms with Crippen LogP contribution in [0.2, 0.25) is 5.02 Å². The Kier molecular flexibility index (Phi) is 4.10. The summed E-state index contributed by atoms with van der Waals surface area (Å²) in [6.45, 7) is 0. The van der Waals surface area contributed by atoms with E-state index in [4.69, 9.17) is 17.3 Å². The van der Waals surface area contributed by atoms with Gasteiger partial charge >= 0.3 is 0 Å². The summed E-state index contributed by atoms with van der Waals surface area (Å²) in [5.74, 6) is -0.669. The summed E-state index contributed by atoms with van der Waals surface area (Å²) in [7, 11) is 1.54. The molecular formula is C14H13ClFN3O. The first-order valence-electron chi connectivity index (χ1n) is 5.84. The third kappa shape index (κ3) is 3.19. The van der Waals surface area contributed by atoms with Gasteiger partial charge in [0.1, 0.15) is 5.82 Å². The summed E-state index contributed by atoms with van der Waals surface area (Å²) < 4.78 is 13.2. The predicted molar refractivity (Wildman–Crippen MR) is 78.9 cm³/mol. The summed E-state index contributed by atoms with van der Waals surface area (Å²) in [4.78, 5) is 11.5. The lowest BCUT2D eigenvalue weighted by Gasteiger charge is -2.11. The predicted octanol–water partition coefficient (Wildman–Crippen LogP) is 3.16. The highest BCUT2D eigenvalue weighted by Gasteiger charge is 2.07. The average molecular weight is 294 g/mol. The summed E-state index contributed by atoms with van der Waals surface area (Å²) in [6, 6.07) is 8.92. The molecule has 0 aliphatic carbocycles. The van der Waals surface area contributed by atoms with Gasteiger partial charge in [0.15, 0.2) is 0 Å². The van der Waals surface area contributed by atoms with Gasteiger partial charge in [-0.25, -0.2) is 4.39 Å². The lowest BCUT2D eigenvalue weighted by molar-refractivity contribution is 0.0963. The molecular weight excluding hydrogens is 281 g/mol. The van der Waals surface area contributed by atoms with Crippen molar-refractivity contribution in [3.63, 3.8) is 0 Å². The highest BCUT2D eigenvalue weighted by molar-refractivity contribution is 6.30. The Balaban J connectivity index is 2.27. The summed E-state index contributed by atoms with van der Waals surface area (Å²) in [5.41, 5.74) is 7.75. The number of carbonyl (C=O) groups is 1. The van der Waals surface area contributed by atoms with E-state index in [1.165, 1.54) is 12.1 Å². The highest BCUT2D eigenvalue weighted by atomic mass is 35.5. The van der Waals surface area contributed by atoms with Crippen molar-refractivity contribution in [2.45, 2.75) is 0 Å². The van der Waals surface area contributed by atoms with Gasteiger partial charge in [0.05, 0.1) is 11.4 Å². The van der Waals surface area contributed by atoms with E-state index in [1.54, 1.807) is 31.3 Å². The molecule has 2 aromatic carbocycles. The minimum atomic E-state index is -0.444. The molecule has 0 heterocycles. The monoisotopic (exact) mass is 293 g/mol. The van der Waals surface area contributed by atoms with E-state index >= 15 is 0 Å². The van der Waals surface area contributed by atoms with Gasteiger partial charge in [0.2, 0.25) is 0 Å². The molecule has 0 bridgehead atoms. The van der Waals surface area contributed by atoms with Gasteiger partial charge in [0, 0.05) is 23.3 Å². The second kappa shape index (κ2) is 5.79. The van der Waals surface area contributed by atoms with Gasteiger partial charge in [0.25, 0.3) is 5.91 Å². The number of nitrogens with two attached hydrogens (primary N) is 1. The molecule has 2 aromatic rings. The highest BCUT2D eigenvalue weighted by Crippen LogP contribution is 2.26. The second-order valence-corrected chi connectivity index (χ2v) is 4.60. The van der Waals surface area contributed by atoms with Crippen molar-refractivity contribution in [1.82, 2.24) is 5.32 Å². The van der Waals surface area contributed by atoms with Crippen molar-refractivity contribution < 1.29 is 9.18 Å². The maximum Gasteiger partial charge on any atom is 0.251 e. The first-order valence-corrected chi connectivity index (χ1v) is 6.22. The van der Waals surface area contributed by atoms with Crippen molar-refractivity contribution in [3.05, 3.63) is 52.8 Å². The Labute approximate surface area is 120 Å². The molecule has 0 spiro atoms. The fourth-order valence-electron chi connectivity index (χ4n) is 1.74. The largest absolute Gasteiger partial charge is 0.397 e. The van der Waals surface area contributed by atoms with E-state index in [0.717, 1.165) is 0 Å². The number of amides is 1. The number of nitrogen functional groups attached to an aromatic ring is 1. The lowest BCUT2D eigenvalue weighted by Crippen LogP contribution is -2.17. The van der Waals surface area contributed by atoms with Crippen molar-refractivity contribution in [2.75, 3.05) is 18.1 Å². The van der Waals surface area contributed by atoms with Crippen molar-refractivity contribution in [3.8, 4) is 0 Å². The normalized spacial score (nSPS) is 10.2. The zero-order valence-corrected chi connectivity index (χ0v) is 11.5. The van der Waals surface area contributed by atoms with Crippen LogP contribution in [0.5, 0.6) is 0 Å². The first-order chi connectivity index (χ1) is 9.49. The number of carbonyl (C=O) groups excluding carboxylic acids is 1. The van der Waals surface area contributed by atoms with E-state index in [1.807, 2.05) is 0 Å². The quantitative estimate of drug-likeness (QED) is 0.762. The number of nitrogens with one attached hydrogen (secondary N) is 2. The van der Waals surface area contributed by atoms with Crippen LogP contribution >= 0.6 is 11.6 Å². The van der Waals surface area contributed by atoms with Crippen molar-refractivity contribution in [1.29, 1.82) is 0 Å². The Hall–Kier alpha value is -2.27. The fourth-order valence-corrected chi connectivity index (χ4v) is 1.97. The third-order valence-corrected chi connectivity index (χ3v) is 2.90. The van der Waals surface area contributed by atoms with Crippen LogP contribution in [0.4, 0.5) is 21.5 Å². The molecule has 2 rings (SSSR count). The van der Waals surface area contributed by atoms with Crippen LogP contribution in [0.1, 0.15) is 10.4 Å². The third-order valence-electron chi connectivity index (χ3n) is 2.68. The maximum absolute atomic E-state index is 13.2. The number of anilines is 3. The summed E-state index contributed by atoms with van der Waals surface area (Å²) in [5, 5.41) is 5.75. The molecule has 104 valence electrons. The summed E-state index contributed by atoms with van der Waals surface area (Å²) in [6.07, 6.45) is 0. The number of rotatable bonds is 3. The standard InChI is InChI=1S/C14H13ClFN3O/c1-18-14(20)8-2-3-13(12(17)4-8)19-11-6-9(15)5-10(16)7-11/h2-7,19H,17H2,1H3,(H,18,20). The zero-order chi connectivity index (χ0) is 14.7. The molecule has 0 aromatic heterocycles. The first kappa shape index (κ1) is 14.1. The second-order valence-electron chi connectivity index (χ2n) is 4.16. The van der Waals surface area contributed by atoms with Crippen LogP contribution in [0.15, 0.2) is 36.4 Å². The van der Waals surface area contributed by atoms with E-state index in [2.05, 4.69) is 10.6 Å². The van der Waals surface area contributed by atoms with E-state index < -0.39 is 5.82 Å². The van der Waals surface area contributed by atoms with Crippen LogP contribution < -0.4 is 16.4 Å². The van der Waals surface area contributed by atoms with Crippen LogP contribution in [0.25, 0.3) is 0 Å². The van der Waals surface area contributed by atoms with Gasteiger partial charge in [-0.3, -0.25) is 4.79 Å². The van der Waals surface area contributed by atoms with Crippen LogP contribution in [-0.2, 0) is 0 Å². The molecule has 0 fully saturated rings. The zero-order valence-electron chi connectivity index (χ0n) is 10.7. The van der Waals surface area contributed by atoms with Crippen molar-refractivity contribution >= 4 is 34.6 Å². The van der Waals surface area contributed by atoms with Gasteiger partial charge in [-0.05, 0) is 36.4 Å². The van der Waals surface area contributed by atoms with E-state index in [9.17, 15) is 9.18 Å². The van der Waals surface area contributed by atoms with Gasteiger partial charge in [-0.2, -0.15) is 0 Å². The molecule has 4 N–H and O–H groups in total.